The summed E-state index contributed by atoms with van der Waals surface area (Å²) in [6.07, 6.45) is 6.13. The Balaban J connectivity index is 2.20. The summed E-state index contributed by atoms with van der Waals surface area (Å²) >= 11 is 0. The zero-order valence-electron chi connectivity index (χ0n) is 13.2. The first-order valence-electron chi connectivity index (χ1n) is 7.61. The molecule has 0 unspecified atom stereocenters. The van der Waals surface area contributed by atoms with Crippen molar-refractivity contribution in [1.82, 2.24) is 0 Å². The van der Waals surface area contributed by atoms with E-state index < -0.39 is 15.6 Å². The fraction of sp³-hybridized carbons (Fsp3) is 0.500. The molecule has 1 aliphatic heterocycles. The number of rotatable bonds is 2. The molecule has 0 radical (unpaired) electrons. The Morgan fingerprint density at radius 2 is 1.88 bits per heavy atom. The summed E-state index contributed by atoms with van der Waals surface area (Å²) in [5.74, 6) is 0.179. The maximum absolute atomic E-state index is 12.4. The SMILES string of the molecule is CC1=CCCOc2ccc(OS(=O)(=O)C(F)(F)F)cc2CCCC1. The molecule has 0 bridgehead atoms. The summed E-state index contributed by atoms with van der Waals surface area (Å²) < 4.78 is 69.3. The lowest BCUT2D eigenvalue weighted by molar-refractivity contribution is -0.0500. The minimum Gasteiger partial charge on any atom is -0.493 e. The van der Waals surface area contributed by atoms with E-state index in [4.69, 9.17) is 4.74 Å². The van der Waals surface area contributed by atoms with E-state index in [0.717, 1.165) is 25.7 Å². The molecular formula is C16H19F3O4S. The zero-order chi connectivity index (χ0) is 17.8. The number of aryl methyl sites for hydroxylation is 1. The van der Waals surface area contributed by atoms with Crippen LogP contribution >= 0.6 is 0 Å². The standard InChI is InChI=1S/C16H19F3O4S/c1-12-5-2-3-7-13-11-14(23-24(20,21)16(17,18)19)8-9-15(13)22-10-4-6-12/h6,8-9,11H,2-5,7,10H2,1H3. The molecule has 0 spiro atoms. The molecule has 8 heteroatoms. The molecule has 0 fully saturated rings. The zero-order valence-corrected chi connectivity index (χ0v) is 14.0. The third kappa shape index (κ3) is 4.90. The summed E-state index contributed by atoms with van der Waals surface area (Å²) in [6.45, 7) is 2.50. The van der Waals surface area contributed by atoms with Gasteiger partial charge in [-0.3, -0.25) is 0 Å². The second-order valence-corrected chi connectivity index (χ2v) is 7.19. The Hall–Kier alpha value is -1.70. The van der Waals surface area contributed by atoms with E-state index in [9.17, 15) is 21.6 Å². The first-order chi connectivity index (χ1) is 11.2. The van der Waals surface area contributed by atoms with Crippen molar-refractivity contribution in [1.29, 1.82) is 0 Å². The van der Waals surface area contributed by atoms with Crippen LogP contribution in [-0.2, 0) is 16.5 Å². The molecule has 2 rings (SSSR count). The summed E-state index contributed by atoms with van der Waals surface area (Å²) in [5, 5.41) is 0. The quantitative estimate of drug-likeness (QED) is 0.445. The van der Waals surface area contributed by atoms with Crippen LogP contribution in [-0.4, -0.2) is 20.5 Å². The van der Waals surface area contributed by atoms with Gasteiger partial charge in [0.25, 0.3) is 0 Å². The molecule has 134 valence electrons. The van der Waals surface area contributed by atoms with Crippen molar-refractivity contribution in [2.24, 2.45) is 0 Å². The van der Waals surface area contributed by atoms with Gasteiger partial charge in [-0.25, -0.2) is 0 Å². The number of ether oxygens (including phenoxy) is 1. The Kier molecular flexibility index (Phi) is 5.79. The normalized spacial score (nSPS) is 17.1. The third-order valence-electron chi connectivity index (χ3n) is 3.66. The average Bonchev–Trinajstić information content (AvgIpc) is 2.51. The maximum Gasteiger partial charge on any atom is 0.534 e. The minimum atomic E-state index is -5.67. The van der Waals surface area contributed by atoms with Crippen molar-refractivity contribution in [3.8, 4) is 11.5 Å². The van der Waals surface area contributed by atoms with Crippen LogP contribution in [0.1, 0.15) is 38.2 Å². The lowest BCUT2D eigenvalue weighted by Gasteiger charge is -2.14. The Morgan fingerprint density at radius 3 is 2.58 bits per heavy atom. The largest absolute Gasteiger partial charge is 0.534 e. The summed E-state index contributed by atoms with van der Waals surface area (Å²) in [7, 11) is -5.67. The third-order valence-corrected chi connectivity index (χ3v) is 4.64. The highest BCUT2D eigenvalue weighted by Gasteiger charge is 2.48. The van der Waals surface area contributed by atoms with E-state index >= 15 is 0 Å². The van der Waals surface area contributed by atoms with Crippen molar-refractivity contribution in [2.75, 3.05) is 6.61 Å². The fourth-order valence-corrected chi connectivity index (χ4v) is 2.86. The van der Waals surface area contributed by atoms with Crippen LogP contribution in [0.5, 0.6) is 11.5 Å². The molecule has 1 aromatic rings. The Labute approximate surface area is 139 Å². The molecule has 4 nitrogen and oxygen atoms in total. The molecule has 0 N–H and O–H groups in total. The van der Waals surface area contributed by atoms with Gasteiger partial charge in [0, 0.05) is 0 Å². The molecule has 0 atom stereocenters. The summed E-state index contributed by atoms with van der Waals surface area (Å²) in [6, 6.07) is 3.92. The summed E-state index contributed by atoms with van der Waals surface area (Å²) in [4.78, 5) is 0. The highest BCUT2D eigenvalue weighted by molar-refractivity contribution is 7.88. The predicted octanol–water partition coefficient (Wildman–Crippen LogP) is 4.36. The maximum atomic E-state index is 12.4. The smallest absolute Gasteiger partial charge is 0.493 e. The number of halogens is 3. The number of fused-ring (bicyclic) bond motifs is 1. The second kappa shape index (κ2) is 7.46. The number of allylic oxidation sites excluding steroid dienone is 1. The van der Waals surface area contributed by atoms with Crippen molar-refractivity contribution in [3.63, 3.8) is 0 Å². The number of alkyl halides is 3. The molecule has 24 heavy (non-hydrogen) atoms. The lowest BCUT2D eigenvalue weighted by Crippen LogP contribution is -2.28. The molecule has 1 aromatic carbocycles. The van der Waals surface area contributed by atoms with E-state index in [1.54, 1.807) is 0 Å². The van der Waals surface area contributed by atoms with Crippen LogP contribution < -0.4 is 8.92 Å². The fourth-order valence-electron chi connectivity index (χ4n) is 2.41. The number of benzene rings is 1. The van der Waals surface area contributed by atoms with Crippen LogP contribution in [0, 0.1) is 0 Å². The van der Waals surface area contributed by atoms with Crippen LogP contribution in [0.15, 0.2) is 29.8 Å². The molecule has 0 saturated carbocycles. The van der Waals surface area contributed by atoms with Gasteiger partial charge in [-0.2, -0.15) is 21.6 Å². The summed E-state index contributed by atoms with van der Waals surface area (Å²) in [5.41, 5.74) is -3.53. The topological polar surface area (TPSA) is 52.6 Å². The van der Waals surface area contributed by atoms with Gasteiger partial charge >= 0.3 is 15.6 Å². The number of hydrogen-bond acceptors (Lipinski definition) is 4. The molecule has 1 aliphatic rings. The van der Waals surface area contributed by atoms with E-state index in [1.807, 2.05) is 0 Å². The van der Waals surface area contributed by atoms with Gasteiger partial charge in [-0.05, 0) is 62.8 Å². The van der Waals surface area contributed by atoms with Gasteiger partial charge in [0.15, 0.2) is 0 Å². The highest BCUT2D eigenvalue weighted by atomic mass is 32.2. The van der Waals surface area contributed by atoms with Crippen molar-refractivity contribution >= 4 is 10.1 Å². The van der Waals surface area contributed by atoms with Gasteiger partial charge < -0.3 is 8.92 Å². The molecule has 0 saturated heterocycles. The van der Waals surface area contributed by atoms with E-state index in [-0.39, 0.29) is 5.75 Å². The second-order valence-electron chi connectivity index (χ2n) is 5.65. The van der Waals surface area contributed by atoms with Crippen LogP contribution in [0.3, 0.4) is 0 Å². The van der Waals surface area contributed by atoms with Gasteiger partial charge in [0.2, 0.25) is 0 Å². The average molecular weight is 364 g/mol. The van der Waals surface area contributed by atoms with Gasteiger partial charge in [-0.1, -0.05) is 11.6 Å². The van der Waals surface area contributed by atoms with Crippen LogP contribution in [0.25, 0.3) is 0 Å². The Morgan fingerprint density at radius 1 is 1.17 bits per heavy atom. The molecule has 0 aliphatic carbocycles. The van der Waals surface area contributed by atoms with Crippen LogP contribution in [0.4, 0.5) is 13.2 Å². The van der Waals surface area contributed by atoms with E-state index in [0.29, 0.717) is 24.3 Å². The van der Waals surface area contributed by atoms with Gasteiger partial charge in [0.1, 0.15) is 11.5 Å². The lowest BCUT2D eigenvalue weighted by atomic mass is 10.0. The highest BCUT2D eigenvalue weighted by Crippen LogP contribution is 2.31. The van der Waals surface area contributed by atoms with E-state index in [2.05, 4.69) is 17.2 Å². The van der Waals surface area contributed by atoms with Crippen LogP contribution in [0.2, 0.25) is 0 Å². The minimum absolute atomic E-state index is 0.362. The van der Waals surface area contributed by atoms with Crippen molar-refractivity contribution < 1.29 is 30.5 Å². The van der Waals surface area contributed by atoms with E-state index in [1.165, 1.54) is 23.8 Å². The number of hydrogen-bond donors (Lipinski definition) is 0. The first kappa shape index (κ1) is 18.6. The molecular weight excluding hydrogens is 345 g/mol. The van der Waals surface area contributed by atoms with Crippen molar-refractivity contribution in [3.05, 3.63) is 35.4 Å². The Bertz CT molecular complexity index is 709. The molecule has 0 aromatic heterocycles. The predicted molar refractivity (Wildman–Crippen MR) is 83.5 cm³/mol. The van der Waals surface area contributed by atoms with Gasteiger partial charge in [-0.15, -0.1) is 0 Å². The monoisotopic (exact) mass is 364 g/mol. The molecule has 0 amide bonds. The first-order valence-corrected chi connectivity index (χ1v) is 9.02. The molecule has 1 heterocycles. The van der Waals surface area contributed by atoms with Crippen molar-refractivity contribution in [2.45, 2.75) is 44.5 Å². The van der Waals surface area contributed by atoms with Gasteiger partial charge in [0.05, 0.1) is 6.61 Å².